The number of nitrogens with zero attached hydrogens (tertiary/aromatic N) is 6. The number of carboxylic acids is 1. The Morgan fingerprint density at radius 3 is 2.34 bits per heavy atom. The second kappa shape index (κ2) is 37.2. The highest BCUT2D eigenvalue weighted by Crippen LogP contribution is 2.29. The zero-order valence-corrected chi connectivity index (χ0v) is 55.9. The van der Waals surface area contributed by atoms with E-state index in [1.54, 1.807) is 66.3 Å². The Balaban J connectivity index is 0.756. The molecule has 1 saturated heterocycles. The number of aliphatic hydroxyl groups is 1. The summed E-state index contributed by atoms with van der Waals surface area (Å²) in [6.07, 6.45) is 23.4. The predicted molar refractivity (Wildman–Crippen MR) is 365 cm³/mol. The summed E-state index contributed by atoms with van der Waals surface area (Å²) in [5.74, 6) is -3.13. The van der Waals surface area contributed by atoms with Crippen molar-refractivity contribution in [1.82, 2.24) is 61.5 Å². The van der Waals surface area contributed by atoms with Gasteiger partial charge in [-0.3, -0.25) is 29.0 Å². The second-order valence-corrected chi connectivity index (χ2v) is 24.6. The summed E-state index contributed by atoms with van der Waals surface area (Å²) in [6.45, 7) is 14.2. The second-order valence-electron chi connectivity index (χ2n) is 24.6. The van der Waals surface area contributed by atoms with Crippen LogP contribution >= 0.6 is 0 Å². The SMILES string of the molecule is C/C=C/C1OC([C@@H](/C=C/C=C(\C)C[C@@H](C)/C=C(C)\C=C\C2CC=CC(=O)O2)NC(=O)OCCc2cn(-c3ccc(C(=O)NCCCC[C@@H](C)NC(=O)CCC(NC(=O)CC[C@@H](C)NC(=O)c4ccc(NCc5cnc6nc(N)[nH]c(=O)c6n5)cc4)C(=O)O)cc3)nn2)C[C@@H](O)[C@@H]1C. The number of hydrogen-bond donors (Lipinski definition) is 10. The fourth-order valence-corrected chi connectivity index (χ4v) is 10.9. The normalized spacial score (nSPS) is 19.0. The number of aromatic nitrogens is 7. The first-order valence-corrected chi connectivity index (χ1v) is 32.7. The number of unbranched alkanes of at least 4 members (excludes halogenated alkanes) is 1. The molecule has 0 bridgehead atoms. The fourth-order valence-electron chi connectivity index (χ4n) is 10.9. The fraction of sp³-hybridized carbons (Fsp3) is 0.443. The number of aromatic amines is 1. The number of benzene rings is 2. The van der Waals surface area contributed by atoms with Gasteiger partial charge < -0.3 is 62.1 Å². The van der Waals surface area contributed by atoms with Crippen molar-refractivity contribution < 1.29 is 58.0 Å². The molecule has 5 amide bonds. The lowest BCUT2D eigenvalue weighted by Crippen LogP contribution is -2.51. The molecule has 97 heavy (non-hydrogen) atoms. The van der Waals surface area contributed by atoms with E-state index >= 15 is 0 Å². The van der Waals surface area contributed by atoms with E-state index in [2.05, 4.69) is 75.1 Å². The molecule has 0 aliphatic carbocycles. The van der Waals surface area contributed by atoms with Gasteiger partial charge >= 0.3 is 18.0 Å². The summed E-state index contributed by atoms with van der Waals surface area (Å²) in [4.78, 5) is 116. The summed E-state index contributed by atoms with van der Waals surface area (Å²) in [7, 11) is 0. The number of nitrogens with one attached hydrogen (secondary N) is 7. The molecule has 7 rings (SSSR count). The number of carbonyl (C=O) groups is 7. The van der Waals surface area contributed by atoms with E-state index in [-0.39, 0.29) is 116 Å². The summed E-state index contributed by atoms with van der Waals surface area (Å²) in [6, 6.07) is 10.9. The highest BCUT2D eigenvalue weighted by atomic mass is 16.6. The third kappa shape index (κ3) is 24.5. The van der Waals surface area contributed by atoms with Crippen molar-refractivity contribution in [2.45, 2.75) is 174 Å². The van der Waals surface area contributed by atoms with Gasteiger partial charge in [0.1, 0.15) is 12.1 Å². The van der Waals surface area contributed by atoms with Crippen molar-refractivity contribution >= 4 is 64.5 Å². The number of aliphatic hydroxyl groups excluding tert-OH is 1. The summed E-state index contributed by atoms with van der Waals surface area (Å²) in [5.41, 5.74) is 10.6. The highest BCUT2D eigenvalue weighted by molar-refractivity contribution is 5.95. The number of nitrogen functional groups attached to an aromatic ring is 1. The highest BCUT2D eigenvalue weighted by Gasteiger charge is 2.37. The van der Waals surface area contributed by atoms with Gasteiger partial charge in [0.15, 0.2) is 11.2 Å². The van der Waals surface area contributed by atoms with Gasteiger partial charge in [0.2, 0.25) is 17.8 Å². The first kappa shape index (κ1) is 74.2. The van der Waals surface area contributed by atoms with Crippen LogP contribution in [0.2, 0.25) is 0 Å². The number of H-pyrrole nitrogens is 1. The summed E-state index contributed by atoms with van der Waals surface area (Å²) < 4.78 is 18.9. The molecule has 2 aliphatic heterocycles. The van der Waals surface area contributed by atoms with Crippen LogP contribution in [0.3, 0.4) is 0 Å². The van der Waals surface area contributed by atoms with Crippen LogP contribution in [0, 0.1) is 11.8 Å². The maximum Gasteiger partial charge on any atom is 0.407 e. The molecule has 27 heteroatoms. The molecule has 2 aliphatic rings. The maximum atomic E-state index is 13.3. The van der Waals surface area contributed by atoms with Crippen molar-refractivity contribution in [3.8, 4) is 5.69 Å². The molecule has 10 atom stereocenters. The summed E-state index contributed by atoms with van der Waals surface area (Å²) >= 11 is 0. The molecule has 5 heterocycles. The molecule has 4 unspecified atom stereocenters. The molecule has 0 radical (unpaired) electrons. The predicted octanol–water partition coefficient (Wildman–Crippen LogP) is 7.11. The molecular formula is C70H90N14O13. The number of alkyl carbamates (subject to hydrolysis) is 1. The molecule has 3 aromatic heterocycles. The van der Waals surface area contributed by atoms with E-state index in [9.17, 15) is 48.6 Å². The number of cyclic esters (lactones) is 1. The van der Waals surface area contributed by atoms with Crippen molar-refractivity contribution in [2.24, 2.45) is 11.8 Å². The number of amides is 5. The van der Waals surface area contributed by atoms with Gasteiger partial charge in [0.05, 0.1) is 67.0 Å². The minimum absolute atomic E-state index is 0.00464. The average molecular weight is 1340 g/mol. The molecule has 1 fully saturated rings. The van der Waals surface area contributed by atoms with Crippen LogP contribution < -0.4 is 43.2 Å². The molecule has 2 aromatic carbocycles. The maximum absolute atomic E-state index is 13.3. The first-order valence-electron chi connectivity index (χ1n) is 32.7. The number of esters is 1. The minimum Gasteiger partial charge on any atom is -0.480 e. The van der Waals surface area contributed by atoms with Crippen molar-refractivity contribution in [1.29, 1.82) is 0 Å². The number of anilines is 2. The Bertz CT molecular complexity index is 3770. The van der Waals surface area contributed by atoms with Crippen LogP contribution in [0.15, 0.2) is 138 Å². The molecule has 5 aromatic rings. The van der Waals surface area contributed by atoms with E-state index in [0.717, 1.165) is 17.6 Å². The topological polar surface area (TPSA) is 388 Å². The lowest BCUT2D eigenvalue weighted by molar-refractivity contribution is -0.142. The lowest BCUT2D eigenvalue weighted by atomic mass is 9.87. The molecule has 0 saturated carbocycles. The van der Waals surface area contributed by atoms with Gasteiger partial charge in [-0.15, -0.1) is 5.10 Å². The number of fused-ring (bicyclic) bond motifs is 1. The summed E-state index contributed by atoms with van der Waals surface area (Å²) in [5, 5.41) is 46.5. The van der Waals surface area contributed by atoms with Crippen LogP contribution in [-0.4, -0.2) is 149 Å². The number of rotatable bonds is 34. The standard InChI is InChI=1S/C70H90N14O13/c1-8-13-58-47(7)57(85)38-59(97-58)55(17-11-14-42(2)36-44(4)37-43(3)19-29-54-16-12-18-62(88)96-54)79-70(94)95-35-33-51-41-84(83-82-51)53-27-23-48(24-28-53)65(89)72-34-10-9-15-45(5)75-60(86)32-30-56(68(92)93)78-61(87)31-20-46(6)76-66(90)49-21-25-50(26-22-49)73-39-52-40-74-64-63(77-52)67(91)81-69(71)80-64/h8,11-14,17-19,21-29,37,40-41,44-47,54-59,73,85H,9-10,15-16,20,30-36,38-39H2,1-7H3,(H,72,89)(H,75,86)(H,76,90)(H,78,87)(H,79,94)(H,92,93)(H3,71,74,80,81,91)/b13-8+,17-11+,29-19+,42-14+,43-37-/t44-,45-,46-,47+,54?,55-,56?,57-,58?,59?/m1/s1. The van der Waals surface area contributed by atoms with Gasteiger partial charge in [-0.25, -0.2) is 29.0 Å². The Morgan fingerprint density at radius 1 is 0.876 bits per heavy atom. The zero-order valence-electron chi connectivity index (χ0n) is 55.9. The monoisotopic (exact) mass is 1330 g/mol. The Hall–Kier alpha value is -10.2. The molecule has 0 spiro atoms. The number of hydrogen-bond acceptors (Lipinski definition) is 19. The van der Waals surface area contributed by atoms with Crippen molar-refractivity contribution in [2.75, 3.05) is 24.2 Å². The molecule has 518 valence electrons. The number of allylic oxidation sites excluding steroid dienone is 7. The quantitative estimate of drug-likeness (QED) is 0.00848. The van der Waals surface area contributed by atoms with Gasteiger partial charge in [0.25, 0.3) is 17.4 Å². The van der Waals surface area contributed by atoms with Crippen LogP contribution in [-0.2, 0) is 46.4 Å². The van der Waals surface area contributed by atoms with E-state index < -0.39 is 53.9 Å². The zero-order chi connectivity index (χ0) is 70.0. The van der Waals surface area contributed by atoms with Crippen LogP contribution in [0.4, 0.5) is 16.4 Å². The largest absolute Gasteiger partial charge is 0.480 e. The van der Waals surface area contributed by atoms with Gasteiger partial charge in [-0.05, 0) is 134 Å². The Kier molecular flexibility index (Phi) is 28.5. The molecule has 27 nitrogen and oxygen atoms in total. The van der Waals surface area contributed by atoms with Gasteiger partial charge in [-0.2, -0.15) is 4.98 Å². The lowest BCUT2D eigenvalue weighted by Gasteiger charge is -2.39. The van der Waals surface area contributed by atoms with E-state index in [4.69, 9.17) is 19.9 Å². The van der Waals surface area contributed by atoms with Crippen molar-refractivity contribution in [3.63, 3.8) is 0 Å². The van der Waals surface area contributed by atoms with E-state index in [0.29, 0.717) is 72.5 Å². The average Bonchev–Trinajstić information content (AvgIpc) is 1.19. The van der Waals surface area contributed by atoms with Gasteiger partial charge in [0, 0.05) is 79.5 Å². The van der Waals surface area contributed by atoms with E-state index in [1.165, 1.54) is 12.3 Å². The minimum atomic E-state index is -1.30. The third-order valence-electron chi connectivity index (χ3n) is 16.2. The number of carboxylic acid groups (broad SMARTS) is 1. The molecule has 11 N–H and O–H groups in total. The number of carbonyl (C=O) groups excluding carboxylic acids is 6. The Morgan fingerprint density at radius 2 is 1.60 bits per heavy atom. The Labute approximate surface area is 563 Å². The van der Waals surface area contributed by atoms with Crippen LogP contribution in [0.1, 0.15) is 145 Å². The van der Waals surface area contributed by atoms with Crippen molar-refractivity contribution in [3.05, 3.63) is 166 Å². The smallest absolute Gasteiger partial charge is 0.407 e. The van der Waals surface area contributed by atoms with Crippen LogP contribution in [0.5, 0.6) is 0 Å². The number of aliphatic carboxylic acids is 1. The van der Waals surface area contributed by atoms with E-state index in [1.807, 2.05) is 83.2 Å². The number of ether oxygens (including phenoxy) is 3. The first-order chi connectivity index (χ1) is 46.5. The van der Waals surface area contributed by atoms with Gasteiger partial charge in [-0.1, -0.05) is 78.8 Å². The van der Waals surface area contributed by atoms with Crippen LogP contribution in [0.25, 0.3) is 16.9 Å². The molecular weight excluding hydrogens is 1240 g/mol. The number of nitrogens with two attached hydrogens (primary N) is 1. The third-order valence-corrected chi connectivity index (χ3v) is 16.2.